The Labute approximate surface area is 157 Å². The summed E-state index contributed by atoms with van der Waals surface area (Å²) >= 11 is 4.25. The van der Waals surface area contributed by atoms with Gasteiger partial charge in [0.25, 0.3) is 5.91 Å². The van der Waals surface area contributed by atoms with E-state index in [1.807, 2.05) is 13.0 Å². The van der Waals surface area contributed by atoms with Crippen molar-refractivity contribution in [2.75, 3.05) is 16.8 Å². The van der Waals surface area contributed by atoms with Crippen molar-refractivity contribution in [3.8, 4) is 0 Å². The molecule has 3 heterocycles. The smallest absolute Gasteiger partial charge is 0.261 e. The van der Waals surface area contributed by atoms with Crippen molar-refractivity contribution in [1.29, 1.82) is 0 Å². The Morgan fingerprint density at radius 1 is 1.36 bits per heavy atom. The van der Waals surface area contributed by atoms with Crippen LogP contribution in [-0.4, -0.2) is 44.4 Å². The van der Waals surface area contributed by atoms with Gasteiger partial charge in [-0.2, -0.15) is 4.99 Å². The van der Waals surface area contributed by atoms with Crippen LogP contribution in [0.5, 0.6) is 0 Å². The van der Waals surface area contributed by atoms with Crippen molar-refractivity contribution in [3.63, 3.8) is 0 Å². The Morgan fingerprint density at radius 3 is 2.84 bits per heavy atom. The number of anilines is 1. The summed E-state index contributed by atoms with van der Waals surface area (Å²) in [6, 6.07) is 0. The van der Waals surface area contributed by atoms with Gasteiger partial charge in [0.15, 0.2) is 0 Å². The number of nitrogens with zero attached hydrogens (tertiary/aromatic N) is 4. The second kappa shape index (κ2) is 7.79. The Kier molecular flexibility index (Phi) is 5.70. The topological polar surface area (TPSA) is 96.7 Å². The first-order valence-corrected chi connectivity index (χ1v) is 10.5. The van der Waals surface area contributed by atoms with Crippen molar-refractivity contribution < 1.29 is 9.59 Å². The predicted octanol–water partition coefficient (Wildman–Crippen LogP) is 2.76. The van der Waals surface area contributed by atoms with Crippen LogP contribution >= 0.6 is 34.9 Å². The molecule has 0 aliphatic carbocycles. The number of aryl methyl sites for hydroxylation is 1. The van der Waals surface area contributed by atoms with Crippen LogP contribution < -0.4 is 5.32 Å². The number of carbonyl (C=O) groups is 2. The molecule has 132 valence electrons. The van der Waals surface area contributed by atoms with Gasteiger partial charge in [-0.15, -0.1) is 22.0 Å². The molecule has 3 rings (SSSR count). The molecule has 1 aromatic heterocycles. The summed E-state index contributed by atoms with van der Waals surface area (Å²) in [5, 5.41) is 12.5. The zero-order chi connectivity index (χ0) is 18.0. The lowest BCUT2D eigenvalue weighted by Gasteiger charge is -2.12. The number of fused-ring (bicyclic) bond motifs is 1. The van der Waals surface area contributed by atoms with Crippen LogP contribution in [0.25, 0.3) is 0 Å². The molecule has 0 aromatic carbocycles. The maximum absolute atomic E-state index is 12.2. The van der Waals surface area contributed by atoms with E-state index in [1.165, 1.54) is 23.1 Å². The Morgan fingerprint density at radius 2 is 2.16 bits per heavy atom. The first-order chi connectivity index (χ1) is 11.9. The zero-order valence-electron chi connectivity index (χ0n) is 14.0. The van der Waals surface area contributed by atoms with Gasteiger partial charge in [0.05, 0.1) is 16.5 Å². The summed E-state index contributed by atoms with van der Waals surface area (Å²) in [6.07, 6.45) is 1.96. The van der Waals surface area contributed by atoms with E-state index in [0.717, 1.165) is 15.0 Å². The Hall–Kier alpha value is -1.52. The summed E-state index contributed by atoms with van der Waals surface area (Å²) in [4.78, 5) is 33.8. The number of carbonyl (C=O) groups excluding carboxylic acids is 2. The van der Waals surface area contributed by atoms with Crippen molar-refractivity contribution in [1.82, 2.24) is 10.2 Å². The average molecular weight is 396 g/mol. The monoisotopic (exact) mass is 395 g/mol. The number of thioether (sulfide) groups is 2. The van der Waals surface area contributed by atoms with E-state index < -0.39 is 0 Å². The number of aromatic nitrogens is 2. The van der Waals surface area contributed by atoms with Crippen LogP contribution in [0.2, 0.25) is 0 Å². The molecule has 1 aromatic rings. The Balaban J connectivity index is 1.50. The largest absolute Gasteiger partial charge is 0.300 e. The third-order valence-electron chi connectivity index (χ3n) is 3.37. The lowest BCUT2D eigenvalue weighted by molar-refractivity contribution is -0.118. The van der Waals surface area contributed by atoms with Crippen LogP contribution in [0.4, 0.5) is 5.13 Å². The maximum atomic E-state index is 12.2. The number of rotatable bonds is 6. The number of amidine groups is 1. The van der Waals surface area contributed by atoms with Crippen molar-refractivity contribution in [2.45, 2.75) is 20.8 Å². The van der Waals surface area contributed by atoms with Crippen LogP contribution in [0, 0.1) is 18.8 Å². The van der Waals surface area contributed by atoms with Gasteiger partial charge < -0.3 is 0 Å². The fourth-order valence-electron chi connectivity index (χ4n) is 2.18. The van der Waals surface area contributed by atoms with E-state index in [4.69, 9.17) is 0 Å². The summed E-state index contributed by atoms with van der Waals surface area (Å²) in [6.45, 7) is 6.02. The molecular formula is C15H17N5O2S3. The quantitative estimate of drug-likeness (QED) is 0.795. The molecule has 10 heteroatoms. The lowest BCUT2D eigenvalue weighted by atomic mass is 10.1. The lowest BCUT2D eigenvalue weighted by Crippen LogP contribution is -2.24. The number of nitrogens with one attached hydrogen (secondary N) is 1. The minimum Gasteiger partial charge on any atom is -0.300 e. The van der Waals surface area contributed by atoms with Crippen LogP contribution in [-0.2, 0) is 9.59 Å². The summed E-state index contributed by atoms with van der Waals surface area (Å²) < 4.78 is 0. The van der Waals surface area contributed by atoms with Gasteiger partial charge in [-0.3, -0.25) is 14.9 Å². The fraction of sp³-hybridized carbons (Fsp3) is 0.467. The normalized spacial score (nSPS) is 19.4. The van der Waals surface area contributed by atoms with Gasteiger partial charge in [0, 0.05) is 0 Å². The molecule has 7 nitrogen and oxygen atoms in total. The molecule has 2 aliphatic rings. The highest BCUT2D eigenvalue weighted by Gasteiger charge is 2.34. The molecule has 1 unspecified atom stereocenters. The molecule has 2 aliphatic heterocycles. The van der Waals surface area contributed by atoms with Crippen molar-refractivity contribution >= 4 is 62.7 Å². The second-order valence-corrected chi connectivity index (χ2v) is 9.05. The molecule has 1 atom stereocenters. The highest BCUT2D eigenvalue weighted by molar-refractivity contribution is 8.17. The van der Waals surface area contributed by atoms with E-state index in [1.54, 1.807) is 11.8 Å². The fourth-order valence-corrected chi connectivity index (χ4v) is 4.59. The van der Waals surface area contributed by atoms with E-state index in [2.05, 4.69) is 39.3 Å². The van der Waals surface area contributed by atoms with Crippen molar-refractivity contribution in [3.05, 3.63) is 16.0 Å². The highest BCUT2D eigenvalue weighted by atomic mass is 32.2. The van der Waals surface area contributed by atoms with Gasteiger partial charge in [0.1, 0.15) is 16.8 Å². The second-order valence-electron chi connectivity index (χ2n) is 5.79. The van der Waals surface area contributed by atoms with Gasteiger partial charge in [-0.05, 0) is 17.7 Å². The van der Waals surface area contributed by atoms with Gasteiger partial charge in [0.2, 0.25) is 11.0 Å². The van der Waals surface area contributed by atoms with Crippen LogP contribution in [0.1, 0.15) is 18.9 Å². The van der Waals surface area contributed by atoms with Crippen LogP contribution in [0.3, 0.4) is 0 Å². The zero-order valence-corrected chi connectivity index (χ0v) is 16.4. The van der Waals surface area contributed by atoms with Crippen LogP contribution in [0.15, 0.2) is 21.0 Å². The van der Waals surface area contributed by atoms with E-state index in [-0.39, 0.29) is 23.5 Å². The first kappa shape index (κ1) is 18.3. The Bertz CT molecular complexity index is 797. The standard InChI is InChI=1S/C15H17N5O2S3/c1-7(2)10-4-9-13(22)16-11(17-14(9)25-10)5-23-6-12(21)18-15-20-19-8(3)24-15/h4,7,9H,5-6H2,1-3H3,(H,18,20,21). The molecule has 2 amide bonds. The minimum atomic E-state index is -0.319. The third kappa shape index (κ3) is 4.56. The molecule has 0 saturated carbocycles. The molecule has 0 spiro atoms. The predicted molar refractivity (Wildman–Crippen MR) is 104 cm³/mol. The summed E-state index contributed by atoms with van der Waals surface area (Å²) in [5.74, 6) is 0.861. The summed E-state index contributed by atoms with van der Waals surface area (Å²) in [7, 11) is 0. The maximum Gasteiger partial charge on any atom is 0.261 e. The molecule has 0 saturated heterocycles. The van der Waals surface area contributed by atoms with E-state index in [9.17, 15) is 9.59 Å². The van der Waals surface area contributed by atoms with E-state index in [0.29, 0.717) is 22.6 Å². The SMILES string of the molecule is Cc1nnc(NC(=O)CSCC2=NC(=O)C3C=C(C(C)C)SC3=N2)s1. The molecule has 0 radical (unpaired) electrons. The van der Waals surface area contributed by atoms with E-state index >= 15 is 0 Å². The number of hydrogen-bond donors (Lipinski definition) is 1. The minimum absolute atomic E-state index is 0.159. The molecule has 1 N–H and O–H groups in total. The number of allylic oxidation sites excluding steroid dienone is 1. The highest BCUT2D eigenvalue weighted by Crippen LogP contribution is 2.38. The van der Waals surface area contributed by atoms with Gasteiger partial charge >= 0.3 is 0 Å². The number of hydrogen-bond acceptors (Lipinski definition) is 8. The third-order valence-corrected chi connectivity index (χ3v) is 6.45. The van der Waals surface area contributed by atoms with Gasteiger partial charge in [-0.1, -0.05) is 43.0 Å². The molecule has 25 heavy (non-hydrogen) atoms. The van der Waals surface area contributed by atoms with Crippen molar-refractivity contribution in [2.24, 2.45) is 21.8 Å². The number of aliphatic imine (C=N–C) groups is 2. The molecule has 0 fully saturated rings. The van der Waals surface area contributed by atoms with Gasteiger partial charge in [-0.25, -0.2) is 4.99 Å². The number of amides is 2. The average Bonchev–Trinajstić information content (AvgIpc) is 3.14. The molecule has 0 bridgehead atoms. The summed E-state index contributed by atoms with van der Waals surface area (Å²) in [5.41, 5.74) is 0. The first-order valence-electron chi connectivity index (χ1n) is 7.69. The molecular weight excluding hydrogens is 378 g/mol.